The monoisotopic (exact) mass is 404 g/mol. The van der Waals surface area contributed by atoms with Gasteiger partial charge in [0.05, 0.1) is 35.9 Å². The highest BCUT2D eigenvalue weighted by atomic mass is 16.7. The summed E-state index contributed by atoms with van der Waals surface area (Å²) in [6.45, 7) is 4.50. The normalized spacial score (nSPS) is 54.1. The van der Waals surface area contributed by atoms with E-state index in [4.69, 9.17) is 18.9 Å². The number of carbonyl (C=O) groups excluding carboxylic acids is 1. The van der Waals surface area contributed by atoms with Gasteiger partial charge in [-0.1, -0.05) is 13.8 Å². The minimum Gasteiger partial charge on any atom is -0.438 e. The zero-order chi connectivity index (χ0) is 19.8. The summed E-state index contributed by atoms with van der Waals surface area (Å²) >= 11 is 0. The van der Waals surface area contributed by atoms with Gasteiger partial charge < -0.3 is 18.9 Å². The van der Waals surface area contributed by atoms with Gasteiger partial charge in [-0.25, -0.2) is 0 Å². The molecule has 6 bridgehead atoms. The summed E-state index contributed by atoms with van der Waals surface area (Å²) in [7, 11) is 0. The van der Waals surface area contributed by atoms with Crippen LogP contribution in [-0.4, -0.2) is 42.8 Å². The van der Waals surface area contributed by atoms with Crippen molar-refractivity contribution in [2.45, 2.75) is 102 Å². The standard InChI is InChI=1S/C24H36O5/c1-3-17-20-19-8-16(22(29-19)21(20)18(4-2)28-17)23(25)26-12-27-24-9-13-5-14(10-24)7-15(6-13)11-24/h13-22H,3-12H2,1-2H3. The van der Waals surface area contributed by atoms with Crippen molar-refractivity contribution >= 4 is 5.97 Å². The van der Waals surface area contributed by atoms with Crippen molar-refractivity contribution in [3.8, 4) is 0 Å². The van der Waals surface area contributed by atoms with E-state index < -0.39 is 0 Å². The molecule has 0 amide bonds. The maximum Gasteiger partial charge on any atom is 0.313 e. The van der Waals surface area contributed by atoms with E-state index in [0.717, 1.165) is 37.0 Å². The van der Waals surface area contributed by atoms with Gasteiger partial charge in [-0.2, -0.15) is 0 Å². The van der Waals surface area contributed by atoms with Crippen molar-refractivity contribution in [2.24, 2.45) is 35.5 Å². The Morgan fingerprint density at radius 3 is 2.14 bits per heavy atom. The van der Waals surface area contributed by atoms with Gasteiger partial charge in [0.25, 0.3) is 0 Å². The van der Waals surface area contributed by atoms with Crippen LogP contribution >= 0.6 is 0 Å². The van der Waals surface area contributed by atoms with Crippen molar-refractivity contribution < 1.29 is 23.7 Å². The summed E-state index contributed by atoms with van der Waals surface area (Å²) in [5, 5.41) is 0. The van der Waals surface area contributed by atoms with Crippen LogP contribution in [0.1, 0.15) is 71.6 Å². The number of hydrogen-bond donors (Lipinski definition) is 0. The third-order valence-corrected chi connectivity index (χ3v) is 9.33. The lowest BCUT2D eigenvalue weighted by molar-refractivity contribution is -0.213. The van der Waals surface area contributed by atoms with E-state index in [2.05, 4.69) is 13.8 Å². The second-order valence-electron chi connectivity index (χ2n) is 11.0. The van der Waals surface area contributed by atoms with Crippen molar-refractivity contribution in [3.05, 3.63) is 0 Å². The molecule has 3 saturated heterocycles. The Hall–Kier alpha value is -0.650. The Labute approximate surface area is 174 Å². The average molecular weight is 405 g/mol. The summed E-state index contributed by atoms with van der Waals surface area (Å²) in [6, 6.07) is 0. The van der Waals surface area contributed by atoms with Crippen LogP contribution in [0.4, 0.5) is 0 Å². The molecule has 3 heterocycles. The van der Waals surface area contributed by atoms with Crippen LogP contribution in [0.2, 0.25) is 0 Å². The molecule has 4 aliphatic carbocycles. The highest BCUT2D eigenvalue weighted by molar-refractivity contribution is 5.74. The van der Waals surface area contributed by atoms with E-state index in [9.17, 15) is 4.79 Å². The second kappa shape index (κ2) is 6.93. The van der Waals surface area contributed by atoms with E-state index >= 15 is 0 Å². The van der Waals surface area contributed by atoms with E-state index in [0.29, 0.717) is 11.8 Å². The van der Waals surface area contributed by atoms with Gasteiger partial charge in [-0.15, -0.1) is 0 Å². The first kappa shape index (κ1) is 19.1. The highest BCUT2D eigenvalue weighted by Crippen LogP contribution is 2.57. The van der Waals surface area contributed by atoms with Crippen LogP contribution in [0.15, 0.2) is 0 Å². The van der Waals surface area contributed by atoms with E-state index in [-0.39, 0.29) is 48.7 Å². The molecule has 0 radical (unpaired) electrons. The second-order valence-corrected chi connectivity index (χ2v) is 11.0. The van der Waals surface area contributed by atoms with Crippen LogP contribution in [0, 0.1) is 35.5 Å². The van der Waals surface area contributed by atoms with Crippen LogP contribution in [0.5, 0.6) is 0 Å². The predicted octanol–water partition coefficient (Wildman–Crippen LogP) is 4.08. The number of hydrogen-bond acceptors (Lipinski definition) is 5. The van der Waals surface area contributed by atoms with Crippen molar-refractivity contribution in [1.82, 2.24) is 0 Å². The highest BCUT2D eigenvalue weighted by Gasteiger charge is 2.64. The fourth-order valence-electron chi connectivity index (χ4n) is 8.66. The van der Waals surface area contributed by atoms with Crippen molar-refractivity contribution in [1.29, 1.82) is 0 Å². The molecule has 7 unspecified atom stereocenters. The lowest BCUT2D eigenvalue weighted by atomic mass is 9.54. The molecule has 3 aliphatic heterocycles. The van der Waals surface area contributed by atoms with Gasteiger partial charge in [-0.05, 0) is 75.5 Å². The van der Waals surface area contributed by atoms with Gasteiger partial charge in [0.2, 0.25) is 0 Å². The van der Waals surface area contributed by atoms with Gasteiger partial charge in [0, 0.05) is 11.8 Å². The lowest BCUT2D eigenvalue weighted by Crippen LogP contribution is -2.52. The smallest absolute Gasteiger partial charge is 0.313 e. The molecule has 7 rings (SSSR count). The Kier molecular flexibility index (Phi) is 4.56. The minimum absolute atomic E-state index is 0.00769. The summed E-state index contributed by atoms with van der Waals surface area (Å²) in [5.74, 6) is 3.07. The molecule has 7 atom stereocenters. The maximum atomic E-state index is 12.9. The predicted molar refractivity (Wildman–Crippen MR) is 106 cm³/mol. The van der Waals surface area contributed by atoms with E-state index in [1.165, 1.54) is 38.5 Å². The number of carbonyl (C=O) groups is 1. The maximum absolute atomic E-state index is 12.9. The topological polar surface area (TPSA) is 54.0 Å². The molecular weight excluding hydrogens is 368 g/mol. The first-order chi connectivity index (χ1) is 14.1. The minimum atomic E-state index is -0.144. The molecule has 5 heteroatoms. The lowest BCUT2D eigenvalue weighted by Gasteiger charge is -2.56. The zero-order valence-corrected chi connectivity index (χ0v) is 17.9. The quantitative estimate of drug-likeness (QED) is 0.493. The molecule has 4 saturated carbocycles. The number of esters is 1. The van der Waals surface area contributed by atoms with Crippen LogP contribution < -0.4 is 0 Å². The summed E-state index contributed by atoms with van der Waals surface area (Å²) < 4.78 is 24.6. The SMILES string of the molecule is CCC1OC(CC)C2C3OC(CC3C(=O)OCOC34CC5CC(CC(C5)C3)C4)C12. The van der Waals surface area contributed by atoms with Crippen LogP contribution in [0.3, 0.4) is 0 Å². The number of ether oxygens (including phenoxy) is 4. The molecule has 0 aromatic carbocycles. The Morgan fingerprint density at radius 1 is 0.897 bits per heavy atom. The molecule has 29 heavy (non-hydrogen) atoms. The van der Waals surface area contributed by atoms with Gasteiger partial charge >= 0.3 is 5.97 Å². The zero-order valence-electron chi connectivity index (χ0n) is 17.9. The van der Waals surface area contributed by atoms with Gasteiger partial charge in [0.1, 0.15) is 0 Å². The summed E-state index contributed by atoms with van der Waals surface area (Å²) in [6.07, 6.45) is 11.1. The fraction of sp³-hybridized carbons (Fsp3) is 0.958. The molecule has 0 spiro atoms. The molecule has 0 aromatic heterocycles. The van der Waals surface area contributed by atoms with Crippen LogP contribution in [-0.2, 0) is 23.7 Å². The van der Waals surface area contributed by atoms with Gasteiger partial charge in [0.15, 0.2) is 6.79 Å². The van der Waals surface area contributed by atoms with Crippen LogP contribution in [0.25, 0.3) is 0 Å². The van der Waals surface area contributed by atoms with Gasteiger partial charge in [-0.3, -0.25) is 4.79 Å². The Bertz CT molecular complexity index is 626. The molecule has 7 aliphatic rings. The molecule has 162 valence electrons. The molecule has 7 fully saturated rings. The third-order valence-electron chi connectivity index (χ3n) is 9.33. The molecule has 0 aromatic rings. The number of rotatable bonds is 6. The van der Waals surface area contributed by atoms with Crippen molar-refractivity contribution in [3.63, 3.8) is 0 Å². The third kappa shape index (κ3) is 2.94. The number of fused-ring (bicyclic) bond motifs is 5. The van der Waals surface area contributed by atoms with E-state index in [1.54, 1.807) is 0 Å². The first-order valence-electron chi connectivity index (χ1n) is 12.2. The summed E-state index contributed by atoms with van der Waals surface area (Å²) in [5.41, 5.74) is -0.00769. The molecule has 0 N–H and O–H groups in total. The Morgan fingerprint density at radius 2 is 1.52 bits per heavy atom. The molecular formula is C24H36O5. The Balaban J connectivity index is 1.07. The fourth-order valence-corrected chi connectivity index (χ4v) is 8.66. The summed E-state index contributed by atoms with van der Waals surface area (Å²) in [4.78, 5) is 12.9. The molecule has 5 nitrogen and oxygen atoms in total. The van der Waals surface area contributed by atoms with E-state index in [1.807, 2.05) is 0 Å². The largest absolute Gasteiger partial charge is 0.438 e. The first-order valence-corrected chi connectivity index (χ1v) is 12.2. The van der Waals surface area contributed by atoms with Crippen molar-refractivity contribution in [2.75, 3.05) is 6.79 Å². The average Bonchev–Trinajstić information content (AvgIpc) is 3.37.